The Morgan fingerprint density at radius 2 is 2.00 bits per heavy atom. The van der Waals surface area contributed by atoms with Crippen molar-refractivity contribution in [3.05, 3.63) is 54.0 Å². The Labute approximate surface area is 125 Å². The van der Waals surface area contributed by atoms with E-state index >= 15 is 0 Å². The van der Waals surface area contributed by atoms with Gasteiger partial charge in [-0.1, -0.05) is 37.3 Å². The molecule has 1 N–H and O–H groups in total. The van der Waals surface area contributed by atoms with Crippen LogP contribution in [0.3, 0.4) is 0 Å². The first-order valence-electron chi connectivity index (χ1n) is 7.06. The third-order valence-corrected chi connectivity index (χ3v) is 3.07. The second-order valence-electron chi connectivity index (χ2n) is 4.86. The fourth-order valence-electron chi connectivity index (χ4n) is 1.95. The van der Waals surface area contributed by atoms with Gasteiger partial charge in [-0.25, -0.2) is 9.97 Å². The minimum absolute atomic E-state index is 0.159. The predicted molar refractivity (Wildman–Crippen MR) is 83.2 cm³/mol. The molecule has 21 heavy (non-hydrogen) atoms. The zero-order valence-corrected chi connectivity index (χ0v) is 12.4. The highest BCUT2D eigenvalue weighted by Crippen LogP contribution is 2.12. The van der Waals surface area contributed by atoms with E-state index in [1.807, 2.05) is 37.1 Å². The summed E-state index contributed by atoms with van der Waals surface area (Å²) >= 11 is 0. The molecule has 0 unspecified atom stereocenters. The number of amides is 1. The Morgan fingerprint density at radius 1 is 1.24 bits per heavy atom. The van der Waals surface area contributed by atoms with Crippen LogP contribution < -0.4 is 10.2 Å². The minimum Gasteiger partial charge on any atom is -0.355 e. The van der Waals surface area contributed by atoms with Gasteiger partial charge in [0, 0.05) is 26.2 Å². The number of aromatic nitrogens is 2. The van der Waals surface area contributed by atoms with Gasteiger partial charge in [0.2, 0.25) is 0 Å². The third-order valence-electron chi connectivity index (χ3n) is 3.07. The summed E-state index contributed by atoms with van der Waals surface area (Å²) in [6.45, 7) is 3.39. The van der Waals surface area contributed by atoms with Gasteiger partial charge < -0.3 is 10.2 Å². The normalized spacial score (nSPS) is 10.2. The molecule has 0 radical (unpaired) electrons. The molecular formula is C16H20N4O. The Hall–Kier alpha value is -2.43. The van der Waals surface area contributed by atoms with Gasteiger partial charge in [-0.3, -0.25) is 4.79 Å². The van der Waals surface area contributed by atoms with Crippen LogP contribution in [0, 0.1) is 0 Å². The molecule has 0 bridgehead atoms. The van der Waals surface area contributed by atoms with E-state index in [4.69, 9.17) is 0 Å². The molecule has 0 fully saturated rings. The SMILES string of the molecule is CCCNC(=O)c1cc(N(C)Cc2ccccc2)ncn1. The van der Waals surface area contributed by atoms with Crippen molar-refractivity contribution in [3.63, 3.8) is 0 Å². The lowest BCUT2D eigenvalue weighted by atomic mass is 10.2. The minimum atomic E-state index is -0.159. The first-order chi connectivity index (χ1) is 10.2. The van der Waals surface area contributed by atoms with Crippen molar-refractivity contribution < 1.29 is 4.79 Å². The molecule has 1 amide bonds. The number of hydrogen-bond donors (Lipinski definition) is 1. The molecule has 1 aromatic carbocycles. The lowest BCUT2D eigenvalue weighted by Gasteiger charge is -2.18. The van der Waals surface area contributed by atoms with Crippen LogP contribution >= 0.6 is 0 Å². The van der Waals surface area contributed by atoms with Gasteiger partial charge in [-0.15, -0.1) is 0 Å². The molecule has 1 heterocycles. The summed E-state index contributed by atoms with van der Waals surface area (Å²) in [5, 5.41) is 2.82. The highest BCUT2D eigenvalue weighted by atomic mass is 16.1. The Morgan fingerprint density at radius 3 is 2.71 bits per heavy atom. The fraction of sp³-hybridized carbons (Fsp3) is 0.312. The van der Waals surface area contributed by atoms with Gasteiger partial charge in [0.25, 0.3) is 5.91 Å². The second-order valence-corrected chi connectivity index (χ2v) is 4.86. The van der Waals surface area contributed by atoms with Gasteiger partial charge in [-0.2, -0.15) is 0 Å². The fourth-order valence-corrected chi connectivity index (χ4v) is 1.95. The molecule has 0 aliphatic carbocycles. The predicted octanol–water partition coefficient (Wildman–Crippen LogP) is 2.25. The summed E-state index contributed by atoms with van der Waals surface area (Å²) < 4.78 is 0. The third kappa shape index (κ3) is 4.27. The van der Waals surface area contributed by atoms with Crippen LogP contribution in [0.2, 0.25) is 0 Å². The highest BCUT2D eigenvalue weighted by Gasteiger charge is 2.10. The maximum absolute atomic E-state index is 11.9. The molecule has 5 heteroatoms. The molecule has 0 spiro atoms. The average Bonchev–Trinajstić information content (AvgIpc) is 2.53. The van der Waals surface area contributed by atoms with Gasteiger partial charge in [0.1, 0.15) is 17.8 Å². The van der Waals surface area contributed by atoms with Crippen LogP contribution in [0.15, 0.2) is 42.7 Å². The average molecular weight is 284 g/mol. The molecule has 110 valence electrons. The Balaban J connectivity index is 2.07. The van der Waals surface area contributed by atoms with Crippen molar-refractivity contribution >= 4 is 11.7 Å². The van der Waals surface area contributed by atoms with Crippen molar-refractivity contribution in [2.24, 2.45) is 0 Å². The summed E-state index contributed by atoms with van der Waals surface area (Å²) in [6.07, 6.45) is 2.33. The van der Waals surface area contributed by atoms with E-state index in [0.29, 0.717) is 12.2 Å². The van der Waals surface area contributed by atoms with E-state index in [1.54, 1.807) is 6.07 Å². The summed E-state index contributed by atoms with van der Waals surface area (Å²) in [5.74, 6) is 0.573. The first-order valence-corrected chi connectivity index (χ1v) is 7.06. The molecule has 0 aliphatic rings. The zero-order chi connectivity index (χ0) is 15.1. The van der Waals surface area contributed by atoms with Crippen LogP contribution in [0.1, 0.15) is 29.4 Å². The molecule has 0 aliphatic heterocycles. The number of carbonyl (C=O) groups is 1. The van der Waals surface area contributed by atoms with Gasteiger partial charge in [0.05, 0.1) is 0 Å². The molecule has 1 aromatic heterocycles. The summed E-state index contributed by atoms with van der Waals surface area (Å²) in [7, 11) is 1.95. The monoisotopic (exact) mass is 284 g/mol. The molecule has 5 nitrogen and oxygen atoms in total. The maximum Gasteiger partial charge on any atom is 0.270 e. The van der Waals surface area contributed by atoms with Gasteiger partial charge >= 0.3 is 0 Å². The van der Waals surface area contributed by atoms with Crippen molar-refractivity contribution in [1.82, 2.24) is 15.3 Å². The number of rotatable bonds is 6. The zero-order valence-electron chi connectivity index (χ0n) is 12.4. The number of nitrogens with one attached hydrogen (secondary N) is 1. The van der Waals surface area contributed by atoms with Crippen LogP contribution in [-0.2, 0) is 6.54 Å². The van der Waals surface area contributed by atoms with Crippen molar-refractivity contribution in [1.29, 1.82) is 0 Å². The highest BCUT2D eigenvalue weighted by molar-refractivity contribution is 5.92. The number of anilines is 1. The van der Waals surface area contributed by atoms with E-state index in [9.17, 15) is 4.79 Å². The van der Waals surface area contributed by atoms with Crippen molar-refractivity contribution in [3.8, 4) is 0 Å². The topological polar surface area (TPSA) is 58.1 Å². The number of hydrogen-bond acceptors (Lipinski definition) is 4. The van der Waals surface area contributed by atoms with E-state index in [1.165, 1.54) is 11.9 Å². The van der Waals surface area contributed by atoms with E-state index in [2.05, 4.69) is 27.4 Å². The van der Waals surface area contributed by atoms with E-state index < -0.39 is 0 Å². The van der Waals surface area contributed by atoms with Gasteiger partial charge in [-0.05, 0) is 12.0 Å². The molecule has 0 atom stereocenters. The van der Waals surface area contributed by atoms with Crippen LogP contribution in [0.5, 0.6) is 0 Å². The van der Waals surface area contributed by atoms with Crippen molar-refractivity contribution in [2.75, 3.05) is 18.5 Å². The quantitative estimate of drug-likeness (QED) is 0.884. The molecular weight excluding hydrogens is 264 g/mol. The molecule has 2 rings (SSSR count). The smallest absolute Gasteiger partial charge is 0.270 e. The summed E-state index contributed by atoms with van der Waals surface area (Å²) in [4.78, 5) is 22.2. The van der Waals surface area contributed by atoms with E-state index in [0.717, 1.165) is 18.8 Å². The maximum atomic E-state index is 11.9. The molecule has 2 aromatic rings. The molecule has 0 saturated carbocycles. The number of carbonyl (C=O) groups excluding carboxylic acids is 1. The lowest BCUT2D eigenvalue weighted by Crippen LogP contribution is -2.26. The Bertz CT molecular complexity index is 586. The lowest BCUT2D eigenvalue weighted by molar-refractivity contribution is 0.0948. The summed E-state index contributed by atoms with van der Waals surface area (Å²) in [5.41, 5.74) is 1.59. The second kappa shape index (κ2) is 7.38. The van der Waals surface area contributed by atoms with Crippen molar-refractivity contribution in [2.45, 2.75) is 19.9 Å². The van der Waals surface area contributed by atoms with Gasteiger partial charge in [0.15, 0.2) is 0 Å². The van der Waals surface area contributed by atoms with Crippen LogP contribution in [0.4, 0.5) is 5.82 Å². The summed E-state index contributed by atoms with van der Waals surface area (Å²) in [6, 6.07) is 11.8. The van der Waals surface area contributed by atoms with Crippen LogP contribution in [-0.4, -0.2) is 29.5 Å². The Kier molecular flexibility index (Phi) is 5.26. The number of benzene rings is 1. The number of nitrogens with zero attached hydrogens (tertiary/aromatic N) is 3. The van der Waals surface area contributed by atoms with E-state index in [-0.39, 0.29) is 5.91 Å². The first kappa shape index (κ1) is 15.0. The van der Waals surface area contributed by atoms with Crippen LogP contribution in [0.25, 0.3) is 0 Å². The largest absolute Gasteiger partial charge is 0.355 e. The standard InChI is InChI=1S/C16H20N4O/c1-3-9-17-16(21)14-10-15(19-12-18-14)20(2)11-13-7-5-4-6-8-13/h4-8,10,12H,3,9,11H2,1-2H3,(H,17,21). The molecule has 0 saturated heterocycles.